The van der Waals surface area contributed by atoms with E-state index in [9.17, 15) is 31.5 Å². The minimum absolute atomic E-state index is 0.174. The number of benzene rings is 3. The van der Waals surface area contributed by atoms with Gasteiger partial charge in [-0.2, -0.15) is 13.2 Å². The van der Waals surface area contributed by atoms with Crippen LogP contribution in [0.25, 0.3) is 0 Å². The number of rotatable bonds is 3. The fourth-order valence-electron chi connectivity index (χ4n) is 2.34. The highest BCUT2D eigenvalue weighted by atomic mass is 19.4. The quantitative estimate of drug-likeness (QED) is 0.318. The van der Waals surface area contributed by atoms with E-state index in [0.717, 1.165) is 31.2 Å². The van der Waals surface area contributed by atoms with E-state index in [-0.39, 0.29) is 11.5 Å². The molecule has 1 amide bonds. The summed E-state index contributed by atoms with van der Waals surface area (Å²) in [5.41, 5.74) is -1.54. The van der Waals surface area contributed by atoms with Crippen LogP contribution < -0.4 is 10.1 Å². The van der Waals surface area contributed by atoms with E-state index < -0.39 is 40.7 Å². The third-order valence-corrected chi connectivity index (χ3v) is 3.65. The number of alkyl halides is 3. The van der Waals surface area contributed by atoms with Gasteiger partial charge in [0.2, 0.25) is 0 Å². The molecule has 0 aliphatic carbocycles. The molecule has 3 aromatic carbocycles. The molecule has 9 heteroatoms. The van der Waals surface area contributed by atoms with E-state index in [1.54, 1.807) is 18.2 Å². The summed E-state index contributed by atoms with van der Waals surface area (Å²) < 4.78 is 68.5. The van der Waals surface area contributed by atoms with Gasteiger partial charge in [-0.25, -0.2) is 8.78 Å². The lowest BCUT2D eigenvalue weighted by Gasteiger charge is -2.15. The Morgan fingerprint density at radius 1 is 0.806 bits per heavy atom. The number of ether oxygens (including phenoxy) is 1. The lowest BCUT2D eigenvalue weighted by atomic mass is 10.1. The van der Waals surface area contributed by atoms with E-state index in [2.05, 4.69) is 10.1 Å². The molecular weight excluding hydrogens is 421 g/mol. The topological polar surface area (TPSA) is 55.4 Å². The number of carbonyl (C=O) groups excluding carboxylic acids is 2. The van der Waals surface area contributed by atoms with Crippen molar-refractivity contribution < 1.29 is 36.3 Å². The number of hydrogen-bond donors (Lipinski definition) is 1. The molecule has 0 fully saturated rings. The Kier molecular flexibility index (Phi) is 7.84. The number of hydrogen-bond acceptors (Lipinski definition) is 3. The largest absolute Gasteiger partial charge is 0.425 e. The smallest absolute Gasteiger partial charge is 0.420 e. The number of nitrogens with one attached hydrogen (secondary N) is 1. The predicted molar refractivity (Wildman–Crippen MR) is 104 cm³/mol. The van der Waals surface area contributed by atoms with Gasteiger partial charge in [0.05, 0.1) is 11.1 Å². The van der Waals surface area contributed by atoms with E-state index >= 15 is 0 Å². The summed E-state index contributed by atoms with van der Waals surface area (Å²) in [4.78, 5) is 23.3. The standard InChI is InChI=1S/C16H11F4NO3.C6H5F/c1-9(22)24-14-12(3-2-4-13(14)16(18,19)20)15(23)21-11-7-5-10(17)6-8-11;7-6-4-2-1-3-5-6/h2-8H,1H3,(H,21,23);1-5H. The van der Waals surface area contributed by atoms with Crippen LogP contribution in [0.5, 0.6) is 5.75 Å². The molecule has 162 valence electrons. The Bertz CT molecular complexity index is 1040. The first-order chi connectivity index (χ1) is 14.6. The molecule has 0 spiro atoms. The van der Waals surface area contributed by atoms with Gasteiger partial charge in [0.1, 0.15) is 11.6 Å². The third-order valence-electron chi connectivity index (χ3n) is 3.65. The van der Waals surface area contributed by atoms with Gasteiger partial charge in [-0.05, 0) is 48.5 Å². The van der Waals surface area contributed by atoms with Gasteiger partial charge in [0.15, 0.2) is 5.75 Å². The highest BCUT2D eigenvalue weighted by molar-refractivity contribution is 6.06. The average molecular weight is 437 g/mol. The van der Waals surface area contributed by atoms with E-state index in [1.165, 1.54) is 24.3 Å². The maximum absolute atomic E-state index is 13.0. The number of amides is 1. The normalized spacial score (nSPS) is 10.5. The summed E-state index contributed by atoms with van der Waals surface area (Å²) in [6.07, 6.45) is -4.81. The Hall–Kier alpha value is -3.75. The summed E-state index contributed by atoms with van der Waals surface area (Å²) >= 11 is 0. The molecule has 0 unspecified atom stereocenters. The second kappa shape index (κ2) is 10.3. The predicted octanol–water partition coefficient (Wildman–Crippen LogP) is 5.85. The Morgan fingerprint density at radius 2 is 1.39 bits per heavy atom. The fraction of sp³-hybridized carbons (Fsp3) is 0.0909. The molecule has 0 atom stereocenters. The molecule has 0 aromatic heterocycles. The monoisotopic (exact) mass is 437 g/mol. The minimum Gasteiger partial charge on any atom is -0.425 e. The zero-order chi connectivity index (χ0) is 23.0. The summed E-state index contributed by atoms with van der Waals surface area (Å²) in [6, 6.07) is 15.4. The van der Waals surface area contributed by atoms with E-state index in [4.69, 9.17) is 0 Å². The molecule has 1 N–H and O–H groups in total. The van der Waals surface area contributed by atoms with Gasteiger partial charge in [-0.3, -0.25) is 9.59 Å². The lowest BCUT2D eigenvalue weighted by molar-refractivity contribution is -0.141. The zero-order valence-corrected chi connectivity index (χ0v) is 16.0. The molecule has 4 nitrogen and oxygen atoms in total. The summed E-state index contributed by atoms with van der Waals surface area (Å²) in [5.74, 6) is -3.52. The summed E-state index contributed by atoms with van der Waals surface area (Å²) in [7, 11) is 0. The SMILES string of the molecule is CC(=O)Oc1c(C(=O)Nc2ccc(F)cc2)cccc1C(F)(F)F.Fc1ccccc1. The molecule has 0 bridgehead atoms. The van der Waals surface area contributed by atoms with Crippen LogP contribution in [-0.2, 0) is 11.0 Å². The number of anilines is 1. The lowest BCUT2D eigenvalue weighted by Crippen LogP contribution is -2.18. The fourth-order valence-corrected chi connectivity index (χ4v) is 2.34. The van der Waals surface area contributed by atoms with Gasteiger partial charge < -0.3 is 10.1 Å². The second-order valence-electron chi connectivity index (χ2n) is 6.03. The highest BCUT2D eigenvalue weighted by Gasteiger charge is 2.36. The number of esters is 1. The van der Waals surface area contributed by atoms with Gasteiger partial charge >= 0.3 is 12.1 Å². The molecular formula is C22H16F5NO3. The van der Waals surface area contributed by atoms with E-state index in [0.29, 0.717) is 6.07 Å². The molecule has 0 radical (unpaired) electrons. The summed E-state index contributed by atoms with van der Waals surface area (Å²) in [5, 5.41) is 2.31. The van der Waals surface area contributed by atoms with Crippen LogP contribution in [0.1, 0.15) is 22.8 Å². The van der Waals surface area contributed by atoms with Crippen molar-refractivity contribution in [3.05, 3.63) is 95.6 Å². The van der Waals surface area contributed by atoms with Crippen molar-refractivity contribution in [2.45, 2.75) is 13.1 Å². The molecule has 0 saturated heterocycles. The average Bonchev–Trinajstić information content (AvgIpc) is 2.69. The molecule has 0 aliphatic heterocycles. The first-order valence-electron chi connectivity index (χ1n) is 8.74. The van der Waals surface area contributed by atoms with Crippen molar-refractivity contribution in [2.75, 3.05) is 5.32 Å². The van der Waals surface area contributed by atoms with Crippen LogP contribution in [0, 0.1) is 11.6 Å². The van der Waals surface area contributed by atoms with Crippen LogP contribution in [0.4, 0.5) is 27.6 Å². The third kappa shape index (κ3) is 7.22. The van der Waals surface area contributed by atoms with Gasteiger partial charge in [0.25, 0.3) is 5.91 Å². The number of para-hydroxylation sites is 1. The van der Waals surface area contributed by atoms with Crippen molar-refractivity contribution >= 4 is 17.6 Å². The molecule has 31 heavy (non-hydrogen) atoms. The van der Waals surface area contributed by atoms with Crippen molar-refractivity contribution in [3.63, 3.8) is 0 Å². The van der Waals surface area contributed by atoms with Crippen LogP contribution in [-0.4, -0.2) is 11.9 Å². The Balaban J connectivity index is 0.000000412. The van der Waals surface area contributed by atoms with Crippen molar-refractivity contribution in [3.8, 4) is 5.75 Å². The maximum Gasteiger partial charge on any atom is 0.420 e. The number of carbonyl (C=O) groups is 2. The molecule has 3 rings (SSSR count). The van der Waals surface area contributed by atoms with Crippen LogP contribution in [0.15, 0.2) is 72.8 Å². The molecule has 0 saturated carbocycles. The van der Waals surface area contributed by atoms with Crippen LogP contribution >= 0.6 is 0 Å². The Labute approximate surface area is 174 Å². The molecule has 0 aliphatic rings. The highest BCUT2D eigenvalue weighted by Crippen LogP contribution is 2.38. The van der Waals surface area contributed by atoms with Crippen LogP contribution in [0.3, 0.4) is 0 Å². The second-order valence-corrected chi connectivity index (χ2v) is 6.03. The number of halogens is 5. The van der Waals surface area contributed by atoms with Crippen LogP contribution in [0.2, 0.25) is 0 Å². The summed E-state index contributed by atoms with van der Waals surface area (Å²) in [6.45, 7) is 0.925. The van der Waals surface area contributed by atoms with Crippen molar-refractivity contribution in [1.29, 1.82) is 0 Å². The minimum atomic E-state index is -4.81. The molecule has 0 heterocycles. The van der Waals surface area contributed by atoms with Crippen molar-refractivity contribution in [1.82, 2.24) is 0 Å². The first-order valence-corrected chi connectivity index (χ1v) is 8.74. The zero-order valence-electron chi connectivity index (χ0n) is 16.0. The first kappa shape index (κ1) is 23.5. The Morgan fingerprint density at radius 3 is 1.87 bits per heavy atom. The van der Waals surface area contributed by atoms with Gasteiger partial charge in [0, 0.05) is 12.6 Å². The van der Waals surface area contributed by atoms with Gasteiger partial charge in [-0.15, -0.1) is 0 Å². The maximum atomic E-state index is 13.0. The van der Waals surface area contributed by atoms with Gasteiger partial charge in [-0.1, -0.05) is 24.3 Å². The van der Waals surface area contributed by atoms with Crippen molar-refractivity contribution in [2.24, 2.45) is 0 Å². The molecule has 3 aromatic rings. The van der Waals surface area contributed by atoms with E-state index in [1.807, 2.05) is 0 Å².